The van der Waals surface area contributed by atoms with E-state index in [1.165, 1.54) is 12.1 Å². The minimum absolute atomic E-state index is 0.110. The number of sulfone groups is 1. The molecule has 1 aromatic heterocycles. The number of benzene rings is 2. The summed E-state index contributed by atoms with van der Waals surface area (Å²) in [5.74, 6) is -0.445. The third-order valence-corrected chi connectivity index (χ3v) is 5.58. The van der Waals surface area contributed by atoms with Crippen LogP contribution in [0.4, 0.5) is 6.01 Å². The maximum atomic E-state index is 12.4. The monoisotopic (exact) mass is 415 g/mol. The predicted molar refractivity (Wildman–Crippen MR) is 106 cm³/mol. The van der Waals surface area contributed by atoms with Gasteiger partial charge in [0.25, 0.3) is 5.91 Å². The van der Waals surface area contributed by atoms with Gasteiger partial charge < -0.3 is 9.15 Å². The Morgan fingerprint density at radius 1 is 1.10 bits per heavy atom. The van der Waals surface area contributed by atoms with Crippen molar-refractivity contribution in [2.75, 3.05) is 11.9 Å². The molecule has 0 unspecified atom stereocenters. The average molecular weight is 415 g/mol. The number of carbonyl (C=O) groups excluding carboxylic acids is 1. The second-order valence-electron chi connectivity index (χ2n) is 6.26. The van der Waals surface area contributed by atoms with Crippen LogP contribution in [0.1, 0.15) is 36.0 Å². The number of anilines is 1. The van der Waals surface area contributed by atoms with Gasteiger partial charge in [-0.05, 0) is 36.8 Å². The summed E-state index contributed by atoms with van der Waals surface area (Å²) in [7, 11) is -3.62. The fraction of sp³-hybridized carbons (Fsp3) is 0.250. The molecule has 8 nitrogen and oxygen atoms in total. The molecule has 29 heavy (non-hydrogen) atoms. The summed E-state index contributed by atoms with van der Waals surface area (Å²) in [5, 5.41) is 9.87. The molecule has 0 aliphatic carbocycles. The van der Waals surface area contributed by atoms with Crippen molar-refractivity contribution in [1.29, 1.82) is 0 Å². The lowest BCUT2D eigenvalue weighted by Crippen LogP contribution is -2.12. The number of rotatable bonds is 9. The molecule has 0 spiro atoms. The van der Waals surface area contributed by atoms with Crippen LogP contribution in [0.25, 0.3) is 0 Å². The number of unbranched alkanes of at least 4 members (excludes halogenated alkanes) is 1. The van der Waals surface area contributed by atoms with Crippen LogP contribution >= 0.6 is 0 Å². The molecular weight excluding hydrogens is 394 g/mol. The highest BCUT2D eigenvalue weighted by Gasteiger charge is 2.20. The Balaban J connectivity index is 1.64. The number of nitrogens with one attached hydrogen (secondary N) is 1. The van der Waals surface area contributed by atoms with Crippen molar-refractivity contribution in [2.24, 2.45) is 0 Å². The molecule has 152 valence electrons. The zero-order chi connectivity index (χ0) is 20.7. The topological polar surface area (TPSA) is 111 Å². The lowest BCUT2D eigenvalue weighted by atomic mass is 10.2. The van der Waals surface area contributed by atoms with Gasteiger partial charge in [0.2, 0.25) is 5.89 Å². The van der Waals surface area contributed by atoms with Gasteiger partial charge in [-0.1, -0.05) is 42.7 Å². The maximum absolute atomic E-state index is 12.4. The van der Waals surface area contributed by atoms with Crippen LogP contribution in [0.3, 0.4) is 0 Å². The van der Waals surface area contributed by atoms with Crippen LogP contribution in [-0.2, 0) is 15.6 Å². The Kier molecular flexibility index (Phi) is 6.61. The summed E-state index contributed by atoms with van der Waals surface area (Å²) in [6, 6.07) is 14.5. The minimum Gasteiger partial charge on any atom is -0.494 e. The van der Waals surface area contributed by atoms with Gasteiger partial charge in [0.15, 0.2) is 9.84 Å². The van der Waals surface area contributed by atoms with Crippen LogP contribution < -0.4 is 10.1 Å². The maximum Gasteiger partial charge on any atom is 0.322 e. The van der Waals surface area contributed by atoms with Crippen molar-refractivity contribution >= 4 is 21.8 Å². The fourth-order valence-electron chi connectivity index (χ4n) is 2.47. The van der Waals surface area contributed by atoms with E-state index in [-0.39, 0.29) is 16.8 Å². The number of amides is 1. The smallest absolute Gasteiger partial charge is 0.322 e. The van der Waals surface area contributed by atoms with E-state index in [9.17, 15) is 13.2 Å². The minimum atomic E-state index is -3.62. The van der Waals surface area contributed by atoms with E-state index in [1.807, 2.05) is 0 Å². The highest BCUT2D eigenvalue weighted by Crippen LogP contribution is 2.18. The van der Waals surface area contributed by atoms with Crippen LogP contribution in [0.2, 0.25) is 0 Å². The molecule has 2 aromatic carbocycles. The molecule has 0 aliphatic heterocycles. The van der Waals surface area contributed by atoms with E-state index in [0.29, 0.717) is 17.9 Å². The summed E-state index contributed by atoms with van der Waals surface area (Å²) < 4.78 is 35.6. The normalized spacial score (nSPS) is 11.2. The number of hydrogen-bond acceptors (Lipinski definition) is 7. The van der Waals surface area contributed by atoms with Crippen molar-refractivity contribution in [1.82, 2.24) is 10.2 Å². The van der Waals surface area contributed by atoms with Gasteiger partial charge in [0.1, 0.15) is 11.5 Å². The SMILES string of the molecule is CCCCOc1cccc(C(=O)Nc2nnc(CS(=O)(=O)c3ccccc3)o2)c1. The number of nitrogens with zero attached hydrogens (tertiary/aromatic N) is 2. The second kappa shape index (κ2) is 9.33. The molecule has 3 aromatic rings. The van der Waals surface area contributed by atoms with E-state index in [0.717, 1.165) is 12.8 Å². The van der Waals surface area contributed by atoms with Gasteiger partial charge in [-0.15, -0.1) is 5.10 Å². The van der Waals surface area contributed by atoms with E-state index < -0.39 is 21.5 Å². The first-order chi connectivity index (χ1) is 14.0. The Morgan fingerprint density at radius 3 is 2.66 bits per heavy atom. The van der Waals surface area contributed by atoms with E-state index in [4.69, 9.17) is 9.15 Å². The van der Waals surface area contributed by atoms with E-state index in [2.05, 4.69) is 22.4 Å². The number of ether oxygens (including phenoxy) is 1. The van der Waals surface area contributed by atoms with Crippen molar-refractivity contribution in [3.05, 3.63) is 66.1 Å². The Morgan fingerprint density at radius 2 is 1.90 bits per heavy atom. The highest BCUT2D eigenvalue weighted by atomic mass is 32.2. The van der Waals surface area contributed by atoms with Gasteiger partial charge in [-0.2, -0.15) is 0 Å². The molecule has 3 rings (SSSR count). The Bertz CT molecular complexity index is 1060. The van der Waals surface area contributed by atoms with Crippen molar-refractivity contribution in [3.8, 4) is 5.75 Å². The average Bonchev–Trinajstić information content (AvgIpc) is 3.15. The zero-order valence-corrected chi connectivity index (χ0v) is 16.7. The zero-order valence-electron chi connectivity index (χ0n) is 15.9. The quantitative estimate of drug-likeness (QED) is 0.533. The molecule has 0 saturated carbocycles. The van der Waals surface area contributed by atoms with Crippen LogP contribution in [0.5, 0.6) is 5.75 Å². The summed E-state index contributed by atoms with van der Waals surface area (Å²) >= 11 is 0. The van der Waals surface area contributed by atoms with Gasteiger partial charge in [0, 0.05) is 5.56 Å². The van der Waals surface area contributed by atoms with Crippen LogP contribution in [0, 0.1) is 0 Å². The molecule has 0 atom stereocenters. The van der Waals surface area contributed by atoms with Crippen LogP contribution in [-0.4, -0.2) is 31.1 Å². The number of carbonyl (C=O) groups is 1. The molecule has 0 fully saturated rings. The summed E-state index contributed by atoms with van der Waals surface area (Å²) in [6.45, 7) is 2.64. The van der Waals surface area contributed by atoms with E-state index >= 15 is 0 Å². The van der Waals surface area contributed by atoms with E-state index in [1.54, 1.807) is 42.5 Å². The molecule has 0 saturated heterocycles. The molecule has 1 amide bonds. The number of aromatic nitrogens is 2. The fourth-order valence-corrected chi connectivity index (χ4v) is 3.65. The standard InChI is InChI=1S/C20H21N3O5S/c1-2-3-12-27-16-9-7-8-15(13-16)19(24)21-20-23-22-18(28-20)14-29(25,26)17-10-5-4-6-11-17/h4-11,13H,2-3,12,14H2,1H3,(H,21,23,24). The molecule has 1 heterocycles. The Hall–Kier alpha value is -3.20. The van der Waals surface area contributed by atoms with Gasteiger partial charge in [-0.25, -0.2) is 8.42 Å². The third kappa shape index (κ3) is 5.64. The first-order valence-corrected chi connectivity index (χ1v) is 10.8. The molecule has 0 aliphatic rings. The number of hydrogen-bond donors (Lipinski definition) is 1. The third-order valence-electron chi connectivity index (χ3n) is 3.97. The molecule has 0 bridgehead atoms. The Labute approximate surface area is 168 Å². The van der Waals surface area contributed by atoms with Gasteiger partial charge in [0.05, 0.1) is 11.5 Å². The predicted octanol–water partition coefficient (Wildman–Crippen LogP) is 3.47. The molecule has 1 N–H and O–H groups in total. The molecule has 9 heteroatoms. The summed E-state index contributed by atoms with van der Waals surface area (Å²) in [6.07, 6.45) is 1.94. The molecular formula is C20H21N3O5S. The van der Waals surface area contributed by atoms with Gasteiger partial charge >= 0.3 is 6.01 Å². The van der Waals surface area contributed by atoms with Crippen LogP contribution in [0.15, 0.2) is 63.9 Å². The first kappa shape index (κ1) is 20.5. The summed E-state index contributed by atoms with van der Waals surface area (Å²) in [5.41, 5.74) is 0.357. The molecule has 0 radical (unpaired) electrons. The summed E-state index contributed by atoms with van der Waals surface area (Å²) in [4.78, 5) is 12.6. The van der Waals surface area contributed by atoms with Crippen molar-refractivity contribution < 1.29 is 22.4 Å². The second-order valence-corrected chi connectivity index (χ2v) is 8.25. The van der Waals surface area contributed by atoms with Crippen molar-refractivity contribution in [2.45, 2.75) is 30.4 Å². The lowest BCUT2D eigenvalue weighted by molar-refractivity contribution is 0.102. The first-order valence-electron chi connectivity index (χ1n) is 9.12. The van der Waals surface area contributed by atoms with Crippen molar-refractivity contribution in [3.63, 3.8) is 0 Å². The highest BCUT2D eigenvalue weighted by molar-refractivity contribution is 7.90. The van der Waals surface area contributed by atoms with Gasteiger partial charge in [-0.3, -0.25) is 10.1 Å². The largest absolute Gasteiger partial charge is 0.494 e. The lowest BCUT2D eigenvalue weighted by Gasteiger charge is -2.07.